The lowest BCUT2D eigenvalue weighted by Gasteiger charge is -2.11. The summed E-state index contributed by atoms with van der Waals surface area (Å²) in [5.74, 6) is -0.159. The number of ketones is 1. The van der Waals surface area contributed by atoms with Gasteiger partial charge in [-0.2, -0.15) is 13.2 Å². The van der Waals surface area contributed by atoms with Crippen molar-refractivity contribution in [2.45, 2.75) is 19.5 Å². The molecule has 0 aliphatic carbocycles. The Labute approximate surface area is 106 Å². The molecule has 1 atom stereocenters. The van der Waals surface area contributed by atoms with E-state index in [1.807, 2.05) is 0 Å². The predicted octanol–water partition coefficient (Wildman–Crippen LogP) is 3.85. The van der Waals surface area contributed by atoms with Crippen LogP contribution in [0.15, 0.2) is 24.3 Å². The first-order chi connectivity index (χ1) is 7.84. The van der Waals surface area contributed by atoms with E-state index < -0.39 is 11.7 Å². The molecule has 5 heteroatoms. The molecule has 1 aromatic rings. The molecule has 0 spiro atoms. The van der Waals surface area contributed by atoms with Crippen molar-refractivity contribution in [2.24, 2.45) is 5.92 Å². The highest BCUT2D eigenvalue weighted by Crippen LogP contribution is 2.29. The molecular weight excluding hydrogens is 297 g/mol. The topological polar surface area (TPSA) is 17.1 Å². The Morgan fingerprint density at radius 1 is 1.29 bits per heavy atom. The summed E-state index contributed by atoms with van der Waals surface area (Å²) in [4.78, 5) is 11.2. The average Bonchev–Trinajstić information content (AvgIpc) is 2.25. The third-order valence-electron chi connectivity index (χ3n) is 2.52. The first-order valence-corrected chi connectivity index (χ1v) is 6.19. The second-order valence-corrected chi connectivity index (χ2v) is 4.51. The third kappa shape index (κ3) is 4.15. The standard InChI is InChI=1S/C12H12BrF3O/c1-8(17)10(7-13)6-9-2-4-11(5-3-9)12(14,15)16/h2-5,10H,6-7H2,1H3. The van der Waals surface area contributed by atoms with Crippen molar-refractivity contribution in [2.75, 3.05) is 5.33 Å². The van der Waals surface area contributed by atoms with E-state index in [1.165, 1.54) is 19.1 Å². The van der Waals surface area contributed by atoms with Crippen LogP contribution in [0.5, 0.6) is 0 Å². The van der Waals surface area contributed by atoms with Crippen molar-refractivity contribution in [3.63, 3.8) is 0 Å². The molecule has 0 aliphatic heterocycles. The molecule has 1 rings (SSSR count). The van der Waals surface area contributed by atoms with E-state index in [1.54, 1.807) is 0 Å². The molecule has 0 amide bonds. The summed E-state index contributed by atoms with van der Waals surface area (Å²) in [6.45, 7) is 1.48. The lowest BCUT2D eigenvalue weighted by atomic mass is 9.97. The van der Waals surface area contributed by atoms with Gasteiger partial charge in [0.25, 0.3) is 0 Å². The van der Waals surface area contributed by atoms with Crippen LogP contribution in [-0.4, -0.2) is 11.1 Å². The Balaban J connectivity index is 2.78. The van der Waals surface area contributed by atoms with Crippen molar-refractivity contribution >= 4 is 21.7 Å². The highest BCUT2D eigenvalue weighted by molar-refractivity contribution is 9.09. The highest BCUT2D eigenvalue weighted by Gasteiger charge is 2.30. The van der Waals surface area contributed by atoms with Gasteiger partial charge in [-0.05, 0) is 31.0 Å². The zero-order chi connectivity index (χ0) is 13.1. The van der Waals surface area contributed by atoms with Gasteiger partial charge in [-0.3, -0.25) is 4.79 Å². The Bertz CT molecular complexity index is 384. The monoisotopic (exact) mass is 308 g/mol. The molecule has 0 bridgehead atoms. The number of carbonyl (C=O) groups excluding carboxylic acids is 1. The van der Waals surface area contributed by atoms with Crippen molar-refractivity contribution in [1.29, 1.82) is 0 Å². The second kappa shape index (κ2) is 5.67. The van der Waals surface area contributed by atoms with E-state index in [-0.39, 0.29) is 11.7 Å². The van der Waals surface area contributed by atoms with Crippen LogP contribution < -0.4 is 0 Å². The molecule has 1 nitrogen and oxygen atoms in total. The van der Waals surface area contributed by atoms with E-state index in [4.69, 9.17) is 0 Å². The van der Waals surface area contributed by atoms with Crippen LogP contribution in [0.1, 0.15) is 18.1 Å². The number of benzene rings is 1. The summed E-state index contributed by atoms with van der Waals surface area (Å²) in [5, 5.41) is 0.517. The molecule has 0 N–H and O–H groups in total. The van der Waals surface area contributed by atoms with E-state index in [2.05, 4.69) is 15.9 Å². The molecule has 1 unspecified atom stereocenters. The van der Waals surface area contributed by atoms with Crippen LogP contribution in [0.25, 0.3) is 0 Å². The Morgan fingerprint density at radius 3 is 2.18 bits per heavy atom. The maximum atomic E-state index is 12.3. The number of carbonyl (C=O) groups is 1. The smallest absolute Gasteiger partial charge is 0.300 e. The van der Waals surface area contributed by atoms with Crippen LogP contribution >= 0.6 is 15.9 Å². The summed E-state index contributed by atoms with van der Waals surface area (Å²) in [6, 6.07) is 4.92. The fourth-order valence-corrected chi connectivity index (χ4v) is 2.11. The summed E-state index contributed by atoms with van der Waals surface area (Å²) in [7, 11) is 0. The SMILES string of the molecule is CC(=O)C(CBr)Cc1ccc(C(F)(F)F)cc1. The third-order valence-corrected chi connectivity index (χ3v) is 3.31. The van der Waals surface area contributed by atoms with Crippen molar-refractivity contribution < 1.29 is 18.0 Å². The number of hydrogen-bond acceptors (Lipinski definition) is 1. The van der Waals surface area contributed by atoms with Crippen LogP contribution in [0.4, 0.5) is 13.2 Å². The Kier molecular flexibility index (Phi) is 4.74. The number of rotatable bonds is 4. The van der Waals surface area contributed by atoms with Crippen molar-refractivity contribution in [1.82, 2.24) is 0 Å². The first kappa shape index (κ1) is 14.2. The van der Waals surface area contributed by atoms with Crippen LogP contribution in [0.2, 0.25) is 0 Å². The molecule has 0 fully saturated rings. The van der Waals surface area contributed by atoms with Crippen molar-refractivity contribution in [3.8, 4) is 0 Å². The molecule has 0 saturated carbocycles. The fraction of sp³-hybridized carbons (Fsp3) is 0.417. The van der Waals surface area contributed by atoms with Gasteiger partial charge in [0.2, 0.25) is 0 Å². The number of hydrogen-bond donors (Lipinski definition) is 0. The Hall–Kier alpha value is -0.840. The molecule has 0 saturated heterocycles. The van der Waals surface area contributed by atoms with Gasteiger partial charge in [0.1, 0.15) is 5.78 Å². The summed E-state index contributed by atoms with van der Waals surface area (Å²) in [5.41, 5.74) is 0.0668. The molecule has 94 valence electrons. The summed E-state index contributed by atoms with van der Waals surface area (Å²) >= 11 is 3.22. The Morgan fingerprint density at radius 2 is 1.82 bits per heavy atom. The molecule has 0 radical (unpaired) electrons. The summed E-state index contributed by atoms with van der Waals surface area (Å²) in [6.07, 6.45) is -3.85. The molecule has 0 aromatic heterocycles. The molecule has 0 heterocycles. The molecule has 0 aliphatic rings. The molecule has 17 heavy (non-hydrogen) atoms. The second-order valence-electron chi connectivity index (χ2n) is 3.86. The van der Waals surface area contributed by atoms with Gasteiger partial charge in [0.15, 0.2) is 0 Å². The lowest BCUT2D eigenvalue weighted by molar-refractivity contribution is -0.137. The molecular formula is C12H12BrF3O. The average molecular weight is 309 g/mol. The lowest BCUT2D eigenvalue weighted by Crippen LogP contribution is -2.15. The zero-order valence-corrected chi connectivity index (χ0v) is 10.8. The van der Waals surface area contributed by atoms with Crippen LogP contribution in [0.3, 0.4) is 0 Å². The van der Waals surface area contributed by atoms with Gasteiger partial charge in [0.05, 0.1) is 5.56 Å². The quantitative estimate of drug-likeness (QED) is 0.772. The minimum absolute atomic E-state index is 0.0294. The van der Waals surface area contributed by atoms with Crippen molar-refractivity contribution in [3.05, 3.63) is 35.4 Å². The van der Waals surface area contributed by atoms with Gasteiger partial charge < -0.3 is 0 Å². The predicted molar refractivity (Wildman–Crippen MR) is 63.1 cm³/mol. The van der Waals surface area contributed by atoms with Crippen LogP contribution in [0, 0.1) is 5.92 Å². The fourth-order valence-electron chi connectivity index (χ4n) is 1.42. The van der Waals surface area contributed by atoms with Gasteiger partial charge >= 0.3 is 6.18 Å². The maximum absolute atomic E-state index is 12.3. The van der Waals surface area contributed by atoms with Crippen LogP contribution in [-0.2, 0) is 17.4 Å². The number of Topliss-reactive ketones (excluding diaryl/α,β-unsaturated/α-hetero) is 1. The van der Waals surface area contributed by atoms with E-state index in [0.717, 1.165) is 17.7 Å². The largest absolute Gasteiger partial charge is 0.416 e. The maximum Gasteiger partial charge on any atom is 0.416 e. The van der Waals surface area contributed by atoms with Gasteiger partial charge in [0, 0.05) is 11.2 Å². The van der Waals surface area contributed by atoms with E-state index in [9.17, 15) is 18.0 Å². The number of alkyl halides is 4. The normalized spacial score (nSPS) is 13.5. The first-order valence-electron chi connectivity index (χ1n) is 5.07. The van der Waals surface area contributed by atoms with E-state index in [0.29, 0.717) is 11.8 Å². The number of halogens is 4. The van der Waals surface area contributed by atoms with Gasteiger partial charge in [-0.15, -0.1) is 0 Å². The summed E-state index contributed by atoms with van der Waals surface area (Å²) < 4.78 is 36.9. The zero-order valence-electron chi connectivity index (χ0n) is 9.22. The highest BCUT2D eigenvalue weighted by atomic mass is 79.9. The van der Waals surface area contributed by atoms with Gasteiger partial charge in [-0.25, -0.2) is 0 Å². The van der Waals surface area contributed by atoms with Gasteiger partial charge in [-0.1, -0.05) is 28.1 Å². The minimum Gasteiger partial charge on any atom is -0.300 e. The van der Waals surface area contributed by atoms with E-state index >= 15 is 0 Å². The minimum atomic E-state index is -4.31. The molecule has 1 aromatic carbocycles.